The molecular formula is C12H16FN3O3. The van der Waals surface area contributed by atoms with Crippen LogP contribution in [0.2, 0.25) is 0 Å². The Bertz CT molecular complexity index is 495. The molecule has 0 aliphatic carbocycles. The van der Waals surface area contributed by atoms with Crippen molar-refractivity contribution < 1.29 is 14.1 Å². The Morgan fingerprint density at radius 1 is 1.63 bits per heavy atom. The molecule has 7 heteroatoms. The van der Waals surface area contributed by atoms with Gasteiger partial charge in [-0.3, -0.25) is 10.1 Å². The van der Waals surface area contributed by atoms with E-state index >= 15 is 0 Å². The monoisotopic (exact) mass is 269 g/mol. The van der Waals surface area contributed by atoms with E-state index in [4.69, 9.17) is 10.5 Å². The number of rotatable bonds is 4. The minimum Gasteiger partial charge on any atom is -0.494 e. The quantitative estimate of drug-likeness (QED) is 0.664. The zero-order valence-corrected chi connectivity index (χ0v) is 10.6. The van der Waals surface area contributed by atoms with Gasteiger partial charge in [0.1, 0.15) is 5.69 Å². The lowest BCUT2D eigenvalue weighted by atomic mass is 10.2. The van der Waals surface area contributed by atoms with Crippen LogP contribution in [0.25, 0.3) is 0 Å². The molecular weight excluding hydrogens is 253 g/mol. The van der Waals surface area contributed by atoms with Gasteiger partial charge in [-0.2, -0.15) is 0 Å². The standard InChI is InChI=1S/C12H16FN3O3/c1-19-12-6-10(11(16(17)18)5-9(12)13)15-4-2-3-8(15)7-14/h5-6,8H,2-4,7,14H2,1H3. The summed E-state index contributed by atoms with van der Waals surface area (Å²) in [6.07, 6.45) is 1.80. The van der Waals surface area contributed by atoms with Crippen molar-refractivity contribution in [3.05, 3.63) is 28.1 Å². The number of hydrogen-bond acceptors (Lipinski definition) is 5. The number of ether oxygens (including phenoxy) is 1. The number of nitrogens with two attached hydrogens (primary N) is 1. The lowest BCUT2D eigenvalue weighted by Crippen LogP contribution is -2.35. The average Bonchev–Trinajstić information content (AvgIpc) is 2.86. The smallest absolute Gasteiger partial charge is 0.295 e. The van der Waals surface area contributed by atoms with Crippen LogP contribution in [0.1, 0.15) is 12.8 Å². The molecule has 1 atom stereocenters. The van der Waals surface area contributed by atoms with Crippen LogP contribution in [0.3, 0.4) is 0 Å². The second kappa shape index (κ2) is 5.40. The molecule has 0 spiro atoms. The molecule has 2 rings (SSSR count). The van der Waals surface area contributed by atoms with Crippen LogP contribution in [-0.2, 0) is 0 Å². The predicted molar refractivity (Wildman–Crippen MR) is 69.0 cm³/mol. The molecule has 6 nitrogen and oxygen atoms in total. The SMILES string of the molecule is COc1cc(N2CCCC2CN)c([N+](=O)[O-])cc1F. The van der Waals surface area contributed by atoms with Crippen molar-refractivity contribution in [2.45, 2.75) is 18.9 Å². The number of benzene rings is 1. The van der Waals surface area contributed by atoms with E-state index in [2.05, 4.69) is 0 Å². The van der Waals surface area contributed by atoms with Gasteiger partial charge in [0.05, 0.1) is 18.1 Å². The van der Waals surface area contributed by atoms with Gasteiger partial charge in [0.2, 0.25) is 0 Å². The normalized spacial score (nSPS) is 18.7. The first-order valence-corrected chi connectivity index (χ1v) is 6.07. The highest BCUT2D eigenvalue weighted by Crippen LogP contribution is 2.37. The number of anilines is 1. The van der Waals surface area contributed by atoms with Crippen LogP contribution in [0.15, 0.2) is 12.1 Å². The Hall–Kier alpha value is -1.89. The summed E-state index contributed by atoms with van der Waals surface area (Å²) in [5.74, 6) is -0.732. The van der Waals surface area contributed by atoms with Crippen LogP contribution >= 0.6 is 0 Å². The van der Waals surface area contributed by atoms with Crippen molar-refractivity contribution >= 4 is 11.4 Å². The topological polar surface area (TPSA) is 81.6 Å². The van der Waals surface area contributed by atoms with E-state index < -0.39 is 10.7 Å². The van der Waals surface area contributed by atoms with E-state index in [0.717, 1.165) is 18.9 Å². The highest BCUT2D eigenvalue weighted by Gasteiger charge is 2.30. The fourth-order valence-corrected chi connectivity index (χ4v) is 2.46. The van der Waals surface area contributed by atoms with Crippen molar-refractivity contribution in [2.75, 3.05) is 25.1 Å². The summed E-state index contributed by atoms with van der Waals surface area (Å²) in [4.78, 5) is 12.3. The summed E-state index contributed by atoms with van der Waals surface area (Å²) >= 11 is 0. The van der Waals surface area contributed by atoms with Crippen molar-refractivity contribution in [1.82, 2.24) is 0 Å². The molecule has 104 valence electrons. The molecule has 2 N–H and O–H groups in total. The van der Waals surface area contributed by atoms with Crippen molar-refractivity contribution in [3.8, 4) is 5.75 Å². The molecule has 1 unspecified atom stereocenters. The molecule has 1 aromatic carbocycles. The first kappa shape index (κ1) is 13.5. The zero-order valence-electron chi connectivity index (χ0n) is 10.6. The lowest BCUT2D eigenvalue weighted by Gasteiger charge is -2.25. The molecule has 0 bridgehead atoms. The molecule has 1 aliphatic heterocycles. The van der Waals surface area contributed by atoms with Gasteiger partial charge in [-0.05, 0) is 12.8 Å². The molecule has 0 aromatic heterocycles. The van der Waals surface area contributed by atoms with E-state index in [1.165, 1.54) is 13.2 Å². The van der Waals surface area contributed by atoms with Crippen LogP contribution < -0.4 is 15.4 Å². The predicted octanol–water partition coefficient (Wildman–Crippen LogP) is 1.67. The number of methoxy groups -OCH3 is 1. The zero-order chi connectivity index (χ0) is 14.0. The molecule has 1 aliphatic rings. The van der Waals surface area contributed by atoms with E-state index in [0.29, 0.717) is 18.8 Å². The van der Waals surface area contributed by atoms with Gasteiger partial charge < -0.3 is 15.4 Å². The summed E-state index contributed by atoms with van der Waals surface area (Å²) in [5, 5.41) is 11.1. The summed E-state index contributed by atoms with van der Waals surface area (Å²) in [5.41, 5.74) is 5.79. The maximum atomic E-state index is 13.6. The Morgan fingerprint density at radius 2 is 2.37 bits per heavy atom. The fourth-order valence-electron chi connectivity index (χ4n) is 2.46. The molecule has 0 radical (unpaired) electrons. The fraction of sp³-hybridized carbons (Fsp3) is 0.500. The summed E-state index contributed by atoms with van der Waals surface area (Å²) < 4.78 is 18.5. The molecule has 1 fully saturated rings. The largest absolute Gasteiger partial charge is 0.494 e. The third-order valence-electron chi connectivity index (χ3n) is 3.40. The van der Waals surface area contributed by atoms with Crippen LogP contribution in [0.5, 0.6) is 5.75 Å². The highest BCUT2D eigenvalue weighted by molar-refractivity contribution is 5.67. The van der Waals surface area contributed by atoms with Crippen molar-refractivity contribution in [3.63, 3.8) is 0 Å². The maximum absolute atomic E-state index is 13.6. The van der Waals surface area contributed by atoms with E-state index in [-0.39, 0.29) is 17.5 Å². The molecule has 1 saturated heterocycles. The highest BCUT2D eigenvalue weighted by atomic mass is 19.1. The van der Waals surface area contributed by atoms with Gasteiger partial charge in [0.15, 0.2) is 11.6 Å². The first-order valence-electron chi connectivity index (χ1n) is 6.07. The summed E-state index contributed by atoms with van der Waals surface area (Å²) in [7, 11) is 1.33. The average molecular weight is 269 g/mol. The maximum Gasteiger partial charge on any atom is 0.295 e. The van der Waals surface area contributed by atoms with Crippen LogP contribution in [-0.4, -0.2) is 31.2 Å². The number of nitro groups is 1. The molecule has 0 saturated carbocycles. The number of hydrogen-bond donors (Lipinski definition) is 1. The van der Waals surface area contributed by atoms with E-state index in [9.17, 15) is 14.5 Å². The van der Waals surface area contributed by atoms with Gasteiger partial charge >= 0.3 is 0 Å². The summed E-state index contributed by atoms with van der Waals surface area (Å²) in [6.45, 7) is 1.09. The molecule has 19 heavy (non-hydrogen) atoms. The molecule has 0 amide bonds. The summed E-state index contributed by atoms with van der Waals surface area (Å²) in [6, 6.07) is 2.33. The Kier molecular flexibility index (Phi) is 3.84. The lowest BCUT2D eigenvalue weighted by molar-refractivity contribution is -0.384. The Labute approximate surface area is 110 Å². The van der Waals surface area contributed by atoms with Crippen molar-refractivity contribution in [1.29, 1.82) is 0 Å². The first-order chi connectivity index (χ1) is 9.08. The van der Waals surface area contributed by atoms with E-state index in [1.807, 2.05) is 4.90 Å². The van der Waals surface area contributed by atoms with E-state index in [1.54, 1.807) is 0 Å². The van der Waals surface area contributed by atoms with Gasteiger partial charge in [0.25, 0.3) is 5.69 Å². The van der Waals surface area contributed by atoms with Gasteiger partial charge in [0, 0.05) is 25.2 Å². The minimum absolute atomic E-state index is 0.00303. The third kappa shape index (κ3) is 2.46. The number of halogens is 1. The van der Waals surface area contributed by atoms with Gasteiger partial charge in [-0.25, -0.2) is 4.39 Å². The number of nitrogens with zero attached hydrogens (tertiary/aromatic N) is 2. The third-order valence-corrected chi connectivity index (χ3v) is 3.40. The Morgan fingerprint density at radius 3 is 2.95 bits per heavy atom. The molecule has 1 aromatic rings. The van der Waals surface area contributed by atoms with Crippen LogP contribution in [0, 0.1) is 15.9 Å². The Balaban J connectivity index is 2.50. The molecule has 1 heterocycles. The van der Waals surface area contributed by atoms with Crippen molar-refractivity contribution in [2.24, 2.45) is 5.73 Å². The van der Waals surface area contributed by atoms with Gasteiger partial charge in [-0.15, -0.1) is 0 Å². The minimum atomic E-state index is -0.735. The second-order valence-corrected chi connectivity index (χ2v) is 4.46. The number of nitro benzene ring substituents is 1. The van der Waals surface area contributed by atoms with Crippen LogP contribution in [0.4, 0.5) is 15.8 Å². The van der Waals surface area contributed by atoms with Gasteiger partial charge in [-0.1, -0.05) is 0 Å². The second-order valence-electron chi connectivity index (χ2n) is 4.46.